The van der Waals surface area contributed by atoms with E-state index in [1.165, 1.54) is 0 Å². The smallest absolute Gasteiger partial charge is 0.407 e. The first kappa shape index (κ1) is 17.8. The number of hydrogen-bond acceptors (Lipinski definition) is 4. The van der Waals surface area contributed by atoms with Gasteiger partial charge in [-0.25, -0.2) is 4.79 Å². The summed E-state index contributed by atoms with van der Waals surface area (Å²) in [6.45, 7) is 7.83. The van der Waals surface area contributed by atoms with Crippen molar-refractivity contribution in [3.8, 4) is 0 Å². The number of aliphatic hydroxyl groups is 1. The van der Waals surface area contributed by atoms with Gasteiger partial charge in [-0.15, -0.1) is 0 Å². The van der Waals surface area contributed by atoms with Crippen LogP contribution >= 0.6 is 0 Å². The number of alkyl carbamates (subject to hydrolysis) is 1. The maximum absolute atomic E-state index is 11.9. The molecule has 1 amide bonds. The van der Waals surface area contributed by atoms with Crippen molar-refractivity contribution in [1.29, 1.82) is 0 Å². The average molecular weight is 320 g/mol. The average Bonchev–Trinajstić information content (AvgIpc) is 2.46. The Morgan fingerprint density at radius 1 is 1.39 bits per heavy atom. The zero-order valence-electron chi connectivity index (χ0n) is 14.3. The van der Waals surface area contributed by atoms with Crippen LogP contribution in [-0.2, 0) is 4.74 Å². The number of carbonyl (C=O) groups excluding carboxylic acids is 1. The molecule has 5 nitrogen and oxygen atoms in total. The SMILES string of the molecule is CC(C)(C)OC(=O)N[C@@H]1CCCN(C[C@@H](O)c2ccccc2)C1. The van der Waals surface area contributed by atoms with Crippen molar-refractivity contribution in [1.82, 2.24) is 10.2 Å². The molecule has 5 heteroatoms. The van der Waals surface area contributed by atoms with Crippen LogP contribution in [0.1, 0.15) is 45.3 Å². The van der Waals surface area contributed by atoms with Gasteiger partial charge in [0.1, 0.15) is 5.60 Å². The molecule has 23 heavy (non-hydrogen) atoms. The van der Waals surface area contributed by atoms with Gasteiger partial charge in [0.25, 0.3) is 0 Å². The number of amides is 1. The second-order valence-electron chi connectivity index (χ2n) is 7.17. The van der Waals surface area contributed by atoms with E-state index in [0.29, 0.717) is 6.54 Å². The molecule has 0 aromatic heterocycles. The molecular weight excluding hydrogens is 292 g/mol. The van der Waals surface area contributed by atoms with E-state index in [0.717, 1.165) is 31.5 Å². The highest BCUT2D eigenvalue weighted by molar-refractivity contribution is 5.68. The van der Waals surface area contributed by atoms with Crippen molar-refractivity contribution >= 4 is 6.09 Å². The Kier molecular flexibility index (Phi) is 6.02. The predicted molar refractivity (Wildman–Crippen MR) is 90.2 cm³/mol. The highest BCUT2D eigenvalue weighted by atomic mass is 16.6. The van der Waals surface area contributed by atoms with E-state index >= 15 is 0 Å². The molecule has 2 atom stereocenters. The normalized spacial score (nSPS) is 20.8. The van der Waals surface area contributed by atoms with Crippen LogP contribution in [0.4, 0.5) is 4.79 Å². The number of nitrogens with one attached hydrogen (secondary N) is 1. The molecular formula is C18H28N2O3. The minimum Gasteiger partial charge on any atom is -0.444 e. The van der Waals surface area contributed by atoms with Crippen LogP contribution in [0.3, 0.4) is 0 Å². The molecule has 0 bridgehead atoms. The van der Waals surface area contributed by atoms with Gasteiger partial charge in [-0.1, -0.05) is 30.3 Å². The Hall–Kier alpha value is -1.59. The number of rotatable bonds is 4. The van der Waals surface area contributed by atoms with E-state index in [1.807, 2.05) is 51.1 Å². The number of benzene rings is 1. The van der Waals surface area contributed by atoms with Crippen LogP contribution in [0.25, 0.3) is 0 Å². The minimum absolute atomic E-state index is 0.0709. The third-order valence-electron chi connectivity index (χ3n) is 3.84. The summed E-state index contributed by atoms with van der Waals surface area (Å²) in [7, 11) is 0. The summed E-state index contributed by atoms with van der Waals surface area (Å²) in [6.07, 6.45) is 1.07. The zero-order valence-corrected chi connectivity index (χ0v) is 14.3. The molecule has 0 aliphatic carbocycles. The van der Waals surface area contributed by atoms with Crippen molar-refractivity contribution in [2.45, 2.75) is 51.4 Å². The molecule has 1 saturated heterocycles. The van der Waals surface area contributed by atoms with E-state index < -0.39 is 11.7 Å². The number of aliphatic hydroxyl groups excluding tert-OH is 1. The third kappa shape index (κ3) is 6.20. The Balaban J connectivity index is 1.82. The fourth-order valence-electron chi connectivity index (χ4n) is 2.84. The van der Waals surface area contributed by atoms with Gasteiger partial charge < -0.3 is 15.2 Å². The van der Waals surface area contributed by atoms with E-state index in [1.54, 1.807) is 0 Å². The topological polar surface area (TPSA) is 61.8 Å². The van der Waals surface area contributed by atoms with Gasteiger partial charge in [0.15, 0.2) is 0 Å². The maximum Gasteiger partial charge on any atom is 0.407 e. The first-order chi connectivity index (χ1) is 10.8. The highest BCUT2D eigenvalue weighted by Gasteiger charge is 2.25. The molecule has 1 aliphatic heterocycles. The predicted octanol–water partition coefficient (Wildman–Crippen LogP) is 2.71. The maximum atomic E-state index is 11.9. The Morgan fingerprint density at radius 2 is 2.09 bits per heavy atom. The monoisotopic (exact) mass is 320 g/mol. The van der Waals surface area contributed by atoms with Crippen molar-refractivity contribution < 1.29 is 14.6 Å². The Bertz CT molecular complexity index is 499. The number of carbonyl (C=O) groups is 1. The summed E-state index contributed by atoms with van der Waals surface area (Å²) < 4.78 is 5.31. The van der Waals surface area contributed by atoms with Crippen LogP contribution in [-0.4, -0.2) is 47.4 Å². The van der Waals surface area contributed by atoms with Gasteiger partial charge in [0, 0.05) is 19.1 Å². The number of β-amino-alcohol motifs (C(OH)–C–C–N with tert-alkyl or cyclic N) is 1. The van der Waals surface area contributed by atoms with Crippen molar-refractivity contribution in [3.05, 3.63) is 35.9 Å². The first-order valence-electron chi connectivity index (χ1n) is 8.28. The fourth-order valence-corrected chi connectivity index (χ4v) is 2.84. The van der Waals surface area contributed by atoms with Crippen LogP contribution in [0.15, 0.2) is 30.3 Å². The fraction of sp³-hybridized carbons (Fsp3) is 0.611. The van der Waals surface area contributed by atoms with Crippen LogP contribution < -0.4 is 5.32 Å². The van der Waals surface area contributed by atoms with Gasteiger partial charge in [-0.05, 0) is 45.7 Å². The number of piperidine rings is 1. The first-order valence-corrected chi connectivity index (χ1v) is 8.28. The van der Waals surface area contributed by atoms with Gasteiger partial charge >= 0.3 is 6.09 Å². The van der Waals surface area contributed by atoms with Gasteiger partial charge in [-0.3, -0.25) is 4.90 Å². The lowest BCUT2D eigenvalue weighted by Gasteiger charge is -2.34. The zero-order chi connectivity index (χ0) is 16.9. The van der Waals surface area contributed by atoms with Crippen molar-refractivity contribution in [2.75, 3.05) is 19.6 Å². The van der Waals surface area contributed by atoms with E-state index in [4.69, 9.17) is 4.74 Å². The van der Waals surface area contributed by atoms with Gasteiger partial charge in [-0.2, -0.15) is 0 Å². The molecule has 128 valence electrons. The molecule has 0 radical (unpaired) electrons. The Morgan fingerprint density at radius 3 is 2.74 bits per heavy atom. The largest absolute Gasteiger partial charge is 0.444 e. The highest BCUT2D eigenvalue weighted by Crippen LogP contribution is 2.18. The van der Waals surface area contributed by atoms with E-state index in [2.05, 4.69) is 10.2 Å². The van der Waals surface area contributed by atoms with Gasteiger partial charge in [0.05, 0.1) is 6.10 Å². The summed E-state index contributed by atoms with van der Waals surface area (Å²) in [5, 5.41) is 13.3. The van der Waals surface area contributed by atoms with Crippen LogP contribution in [0, 0.1) is 0 Å². The summed E-state index contributed by atoms with van der Waals surface area (Å²) >= 11 is 0. The molecule has 0 saturated carbocycles. The quantitative estimate of drug-likeness (QED) is 0.895. The standard InChI is InChI=1S/C18H28N2O3/c1-18(2,3)23-17(22)19-15-10-7-11-20(12-15)13-16(21)14-8-5-4-6-9-14/h4-6,8-9,15-16,21H,7,10-13H2,1-3H3,(H,19,22)/t15-,16-/m1/s1. The third-order valence-corrected chi connectivity index (χ3v) is 3.84. The number of hydrogen-bond donors (Lipinski definition) is 2. The van der Waals surface area contributed by atoms with Crippen molar-refractivity contribution in [3.63, 3.8) is 0 Å². The Labute approximate surface area is 138 Å². The summed E-state index contributed by atoms with van der Waals surface area (Å²) in [4.78, 5) is 14.1. The molecule has 1 aliphatic rings. The molecule has 1 aromatic carbocycles. The molecule has 1 aromatic rings. The number of likely N-dealkylation sites (tertiary alicyclic amines) is 1. The van der Waals surface area contributed by atoms with E-state index in [9.17, 15) is 9.90 Å². The summed E-state index contributed by atoms with van der Waals surface area (Å²) in [6, 6.07) is 9.75. The number of ether oxygens (including phenoxy) is 1. The molecule has 0 unspecified atom stereocenters. The van der Waals surface area contributed by atoms with Crippen LogP contribution in [0.5, 0.6) is 0 Å². The molecule has 0 spiro atoms. The van der Waals surface area contributed by atoms with Gasteiger partial charge in [0.2, 0.25) is 0 Å². The minimum atomic E-state index is -0.503. The molecule has 1 heterocycles. The lowest BCUT2D eigenvalue weighted by Crippen LogP contribution is -2.49. The van der Waals surface area contributed by atoms with Crippen LogP contribution in [0.2, 0.25) is 0 Å². The van der Waals surface area contributed by atoms with E-state index in [-0.39, 0.29) is 12.1 Å². The van der Waals surface area contributed by atoms with Crippen molar-refractivity contribution in [2.24, 2.45) is 0 Å². The molecule has 2 N–H and O–H groups in total. The second kappa shape index (κ2) is 7.79. The summed E-state index contributed by atoms with van der Waals surface area (Å²) in [5.41, 5.74) is 0.441. The second-order valence-corrected chi connectivity index (χ2v) is 7.17. The number of nitrogens with zero attached hydrogens (tertiary/aromatic N) is 1. The molecule has 1 fully saturated rings. The lowest BCUT2D eigenvalue weighted by molar-refractivity contribution is 0.0447. The lowest BCUT2D eigenvalue weighted by atomic mass is 10.0. The summed E-state index contributed by atoms with van der Waals surface area (Å²) in [5.74, 6) is 0. The molecule has 2 rings (SSSR count).